The zero-order valence-corrected chi connectivity index (χ0v) is 13.6. The van der Waals surface area contributed by atoms with Crippen LogP contribution in [0.5, 0.6) is 0 Å². The third-order valence-electron chi connectivity index (χ3n) is 3.56. The number of benzene rings is 1. The summed E-state index contributed by atoms with van der Waals surface area (Å²) in [5, 5.41) is 5.87. The van der Waals surface area contributed by atoms with Gasteiger partial charge in [0.1, 0.15) is 0 Å². The number of rotatable bonds is 3. The Hall–Kier alpha value is -1.94. The molecule has 1 N–H and O–H groups in total. The normalized spacial score (nSPS) is 12.6. The van der Waals surface area contributed by atoms with E-state index in [1.54, 1.807) is 11.3 Å². The molecular formula is C17H19N3S. The van der Waals surface area contributed by atoms with Crippen molar-refractivity contribution < 1.29 is 0 Å². The summed E-state index contributed by atoms with van der Waals surface area (Å²) in [5.41, 5.74) is 4.26. The Morgan fingerprint density at radius 1 is 1.05 bits per heavy atom. The van der Waals surface area contributed by atoms with Gasteiger partial charge in [0.25, 0.3) is 0 Å². The zero-order valence-electron chi connectivity index (χ0n) is 12.8. The molecule has 0 amide bonds. The number of aromatic nitrogens is 2. The summed E-state index contributed by atoms with van der Waals surface area (Å²) in [6.07, 6.45) is 0. The molecule has 1 unspecified atom stereocenters. The van der Waals surface area contributed by atoms with E-state index in [9.17, 15) is 0 Å². The fourth-order valence-electron chi connectivity index (χ4n) is 2.61. The largest absolute Gasteiger partial charge is 0.376 e. The van der Waals surface area contributed by atoms with Gasteiger partial charge in [-0.1, -0.05) is 18.2 Å². The molecule has 1 atom stereocenters. The highest BCUT2D eigenvalue weighted by atomic mass is 32.1. The molecule has 0 fully saturated rings. The van der Waals surface area contributed by atoms with Crippen molar-refractivity contribution in [3.63, 3.8) is 0 Å². The summed E-state index contributed by atoms with van der Waals surface area (Å²) < 4.78 is 0. The molecule has 0 radical (unpaired) electrons. The predicted molar refractivity (Wildman–Crippen MR) is 90.1 cm³/mol. The maximum atomic E-state index is 4.68. The van der Waals surface area contributed by atoms with Gasteiger partial charge < -0.3 is 5.32 Å². The summed E-state index contributed by atoms with van der Waals surface area (Å²) in [6, 6.07) is 10.7. The Labute approximate surface area is 129 Å². The van der Waals surface area contributed by atoms with Crippen molar-refractivity contribution in [1.29, 1.82) is 0 Å². The molecule has 4 heteroatoms. The third-order valence-corrected chi connectivity index (χ3v) is 4.82. The fraction of sp³-hybridized carbons (Fsp3) is 0.294. The quantitative estimate of drug-likeness (QED) is 0.755. The molecule has 0 aliphatic carbocycles. The van der Waals surface area contributed by atoms with Crippen LogP contribution in [0.2, 0.25) is 0 Å². The van der Waals surface area contributed by atoms with Gasteiger partial charge in [-0.2, -0.15) is 0 Å². The van der Waals surface area contributed by atoms with Crippen molar-refractivity contribution in [2.45, 2.75) is 33.7 Å². The smallest absolute Gasteiger partial charge is 0.0936 e. The Bertz CT molecular complexity index is 792. The van der Waals surface area contributed by atoms with Gasteiger partial charge in [-0.25, -0.2) is 4.98 Å². The van der Waals surface area contributed by atoms with Crippen LogP contribution >= 0.6 is 11.3 Å². The maximum Gasteiger partial charge on any atom is 0.0936 e. The Kier molecular flexibility index (Phi) is 3.64. The van der Waals surface area contributed by atoms with E-state index in [0.717, 1.165) is 33.0 Å². The second-order valence-electron chi connectivity index (χ2n) is 5.38. The lowest BCUT2D eigenvalue weighted by molar-refractivity contribution is 0.891. The number of fused-ring (bicyclic) bond motifs is 1. The van der Waals surface area contributed by atoms with E-state index < -0.39 is 0 Å². The monoisotopic (exact) mass is 297 g/mol. The molecule has 108 valence electrons. The van der Waals surface area contributed by atoms with E-state index in [2.05, 4.69) is 60.3 Å². The first kappa shape index (κ1) is 14.0. The van der Waals surface area contributed by atoms with Gasteiger partial charge in [-0.05, 0) is 39.8 Å². The molecule has 3 nitrogen and oxygen atoms in total. The van der Waals surface area contributed by atoms with E-state index in [1.807, 2.05) is 13.0 Å². The predicted octanol–water partition coefficient (Wildman–Crippen LogP) is 4.79. The van der Waals surface area contributed by atoms with Gasteiger partial charge in [0.2, 0.25) is 0 Å². The minimum absolute atomic E-state index is 0.226. The summed E-state index contributed by atoms with van der Waals surface area (Å²) >= 11 is 1.76. The van der Waals surface area contributed by atoms with Crippen LogP contribution in [0, 0.1) is 20.8 Å². The number of nitrogens with one attached hydrogen (secondary N) is 1. The van der Waals surface area contributed by atoms with Gasteiger partial charge in [0, 0.05) is 16.0 Å². The van der Waals surface area contributed by atoms with Crippen molar-refractivity contribution in [1.82, 2.24) is 9.97 Å². The summed E-state index contributed by atoms with van der Waals surface area (Å²) in [6.45, 7) is 8.32. The highest BCUT2D eigenvalue weighted by molar-refractivity contribution is 7.11. The second-order valence-corrected chi connectivity index (χ2v) is 6.61. The van der Waals surface area contributed by atoms with Gasteiger partial charge >= 0.3 is 0 Å². The maximum absolute atomic E-state index is 4.68. The summed E-state index contributed by atoms with van der Waals surface area (Å²) in [5.74, 6) is 0. The molecule has 0 spiro atoms. The van der Waals surface area contributed by atoms with Crippen LogP contribution in [0.4, 0.5) is 5.69 Å². The molecule has 0 bridgehead atoms. The molecule has 3 aromatic rings. The minimum Gasteiger partial charge on any atom is -0.376 e. The zero-order chi connectivity index (χ0) is 15.0. The molecule has 21 heavy (non-hydrogen) atoms. The number of anilines is 1. The average molecular weight is 297 g/mol. The van der Waals surface area contributed by atoms with Crippen molar-refractivity contribution >= 4 is 27.9 Å². The molecule has 0 aliphatic rings. The first-order valence-corrected chi connectivity index (χ1v) is 7.93. The topological polar surface area (TPSA) is 37.8 Å². The van der Waals surface area contributed by atoms with E-state index in [-0.39, 0.29) is 6.04 Å². The van der Waals surface area contributed by atoms with Crippen LogP contribution in [0.15, 0.2) is 30.3 Å². The lowest BCUT2D eigenvalue weighted by Crippen LogP contribution is -2.07. The molecule has 0 saturated carbocycles. The second kappa shape index (κ2) is 5.45. The van der Waals surface area contributed by atoms with Crippen LogP contribution in [-0.4, -0.2) is 9.97 Å². The van der Waals surface area contributed by atoms with Crippen LogP contribution in [0.25, 0.3) is 10.9 Å². The standard InChI is InChI=1S/C17H19N3S/c1-10-8-9-14-6-5-7-15(16(14)18-10)20-12(3)17-11(2)19-13(4)21-17/h5-9,12,20H,1-4H3. The lowest BCUT2D eigenvalue weighted by Gasteiger charge is -2.16. The van der Waals surface area contributed by atoms with Gasteiger partial charge in [0.05, 0.1) is 27.9 Å². The van der Waals surface area contributed by atoms with E-state index in [1.165, 1.54) is 4.88 Å². The lowest BCUT2D eigenvalue weighted by atomic mass is 10.1. The van der Waals surface area contributed by atoms with Crippen molar-refractivity contribution in [2.75, 3.05) is 5.32 Å². The third kappa shape index (κ3) is 2.76. The summed E-state index contributed by atoms with van der Waals surface area (Å²) in [4.78, 5) is 10.5. The van der Waals surface area contributed by atoms with Gasteiger partial charge in [-0.15, -0.1) is 11.3 Å². The Morgan fingerprint density at radius 2 is 1.86 bits per heavy atom. The van der Waals surface area contributed by atoms with E-state index >= 15 is 0 Å². The minimum atomic E-state index is 0.226. The molecule has 0 aliphatic heterocycles. The van der Waals surface area contributed by atoms with Crippen molar-refractivity contribution in [3.05, 3.63) is 51.6 Å². The Morgan fingerprint density at radius 3 is 2.57 bits per heavy atom. The first-order valence-electron chi connectivity index (χ1n) is 7.11. The molecule has 3 rings (SSSR count). The van der Waals surface area contributed by atoms with Crippen LogP contribution < -0.4 is 5.32 Å². The van der Waals surface area contributed by atoms with E-state index in [4.69, 9.17) is 0 Å². The van der Waals surface area contributed by atoms with Gasteiger partial charge in [0.15, 0.2) is 0 Å². The average Bonchev–Trinajstić information content (AvgIpc) is 2.78. The van der Waals surface area contributed by atoms with Gasteiger partial charge in [-0.3, -0.25) is 4.98 Å². The molecule has 2 heterocycles. The fourth-order valence-corrected chi connectivity index (χ4v) is 3.54. The SMILES string of the molecule is Cc1ccc2cccc(NC(C)c3sc(C)nc3C)c2n1. The highest BCUT2D eigenvalue weighted by Gasteiger charge is 2.14. The highest BCUT2D eigenvalue weighted by Crippen LogP contribution is 2.30. The van der Waals surface area contributed by atoms with E-state index in [0.29, 0.717) is 0 Å². The van der Waals surface area contributed by atoms with Crippen LogP contribution in [0.3, 0.4) is 0 Å². The number of aryl methyl sites for hydroxylation is 3. The number of hydrogen-bond donors (Lipinski definition) is 1. The molecular weight excluding hydrogens is 278 g/mol. The number of hydrogen-bond acceptors (Lipinski definition) is 4. The van der Waals surface area contributed by atoms with Crippen molar-refractivity contribution in [2.24, 2.45) is 0 Å². The number of pyridine rings is 1. The van der Waals surface area contributed by atoms with Crippen LogP contribution in [-0.2, 0) is 0 Å². The molecule has 2 aromatic heterocycles. The Balaban J connectivity index is 1.98. The molecule has 0 saturated heterocycles. The van der Waals surface area contributed by atoms with Crippen molar-refractivity contribution in [3.8, 4) is 0 Å². The molecule has 1 aromatic carbocycles. The first-order chi connectivity index (χ1) is 10.0. The van der Waals surface area contributed by atoms with Crippen LogP contribution in [0.1, 0.15) is 34.2 Å². The number of nitrogens with zero attached hydrogens (tertiary/aromatic N) is 2. The number of thiazole rings is 1. The number of para-hydroxylation sites is 1. The summed E-state index contributed by atoms with van der Waals surface area (Å²) in [7, 11) is 0.